The fourth-order valence-corrected chi connectivity index (χ4v) is 3.88. The Morgan fingerprint density at radius 2 is 1.88 bits per heavy atom. The van der Waals surface area contributed by atoms with Crippen molar-refractivity contribution in [3.8, 4) is 0 Å². The summed E-state index contributed by atoms with van der Waals surface area (Å²) in [5.41, 5.74) is 6.27. The third-order valence-electron chi connectivity index (χ3n) is 4.48. The number of nitrogens with zero attached hydrogens (tertiary/aromatic N) is 1. The fourth-order valence-electron chi connectivity index (χ4n) is 2.71. The van der Waals surface area contributed by atoms with Crippen LogP contribution >= 0.6 is 12.4 Å². The molecule has 6 nitrogen and oxygen atoms in total. The molecule has 1 saturated heterocycles. The van der Waals surface area contributed by atoms with E-state index in [2.05, 4.69) is 4.72 Å². The van der Waals surface area contributed by atoms with E-state index in [1.54, 1.807) is 17.0 Å². The molecule has 0 atom stereocenters. The van der Waals surface area contributed by atoms with Gasteiger partial charge in [0.1, 0.15) is 0 Å². The van der Waals surface area contributed by atoms with Crippen LogP contribution in [0.15, 0.2) is 29.2 Å². The van der Waals surface area contributed by atoms with Gasteiger partial charge in [0, 0.05) is 31.2 Å². The van der Waals surface area contributed by atoms with Gasteiger partial charge in [0.05, 0.1) is 4.90 Å². The van der Waals surface area contributed by atoms with Crippen LogP contribution in [0, 0.1) is 5.92 Å². The highest BCUT2D eigenvalue weighted by molar-refractivity contribution is 7.89. The van der Waals surface area contributed by atoms with Crippen LogP contribution < -0.4 is 10.5 Å². The smallest absolute Gasteiger partial charge is 0.253 e. The van der Waals surface area contributed by atoms with Gasteiger partial charge in [-0.25, -0.2) is 13.1 Å². The Morgan fingerprint density at radius 1 is 1.21 bits per heavy atom. The standard InChI is InChI=1S/C16H23N3O3S.ClH/c17-14-6-8-19(9-7-14)16(20)13-2-1-3-15(10-13)23(21,22)18-11-12-4-5-12;/h1-3,10,12,14,18H,4-9,11,17H2;1H. The molecular formula is C16H24ClN3O3S. The Hall–Kier alpha value is -1.15. The van der Waals surface area contributed by atoms with Gasteiger partial charge >= 0.3 is 0 Å². The van der Waals surface area contributed by atoms with Gasteiger partial charge in [-0.1, -0.05) is 6.07 Å². The quantitative estimate of drug-likeness (QED) is 0.815. The number of nitrogens with two attached hydrogens (primary N) is 1. The van der Waals surface area contributed by atoms with E-state index >= 15 is 0 Å². The molecule has 1 aliphatic heterocycles. The van der Waals surface area contributed by atoms with E-state index in [9.17, 15) is 13.2 Å². The molecule has 1 aromatic rings. The first-order valence-electron chi connectivity index (χ1n) is 8.10. The lowest BCUT2D eigenvalue weighted by Crippen LogP contribution is -2.42. The van der Waals surface area contributed by atoms with Crippen molar-refractivity contribution in [3.63, 3.8) is 0 Å². The van der Waals surface area contributed by atoms with Crippen LogP contribution in [0.2, 0.25) is 0 Å². The fraction of sp³-hybridized carbons (Fsp3) is 0.562. The molecule has 3 N–H and O–H groups in total. The molecule has 134 valence electrons. The van der Waals surface area contributed by atoms with Crippen molar-refractivity contribution in [2.75, 3.05) is 19.6 Å². The number of halogens is 1. The lowest BCUT2D eigenvalue weighted by atomic mass is 10.0. The maximum Gasteiger partial charge on any atom is 0.253 e. The van der Waals surface area contributed by atoms with Crippen LogP contribution in [0.4, 0.5) is 0 Å². The normalized spacial score (nSPS) is 19.0. The maximum atomic E-state index is 12.5. The number of amides is 1. The van der Waals surface area contributed by atoms with Crippen molar-refractivity contribution in [2.24, 2.45) is 11.7 Å². The average molecular weight is 374 g/mol. The van der Waals surface area contributed by atoms with E-state index in [4.69, 9.17) is 5.73 Å². The molecule has 1 heterocycles. The molecule has 1 saturated carbocycles. The predicted octanol–water partition coefficient (Wildman–Crippen LogP) is 1.36. The Bertz CT molecular complexity index is 684. The van der Waals surface area contributed by atoms with E-state index in [1.807, 2.05) is 0 Å². The molecule has 0 radical (unpaired) electrons. The number of sulfonamides is 1. The van der Waals surface area contributed by atoms with Crippen molar-refractivity contribution >= 4 is 28.3 Å². The monoisotopic (exact) mass is 373 g/mol. The molecule has 2 fully saturated rings. The second-order valence-corrected chi connectivity index (χ2v) is 8.22. The summed E-state index contributed by atoms with van der Waals surface area (Å²) in [6, 6.07) is 6.42. The second kappa shape index (κ2) is 7.82. The number of rotatable bonds is 5. The molecule has 0 aromatic heterocycles. The summed E-state index contributed by atoms with van der Waals surface area (Å²) in [4.78, 5) is 14.4. The molecule has 2 aliphatic rings. The number of hydrogen-bond acceptors (Lipinski definition) is 4. The minimum atomic E-state index is -3.55. The molecule has 3 rings (SSSR count). The molecule has 1 aromatic carbocycles. The van der Waals surface area contributed by atoms with Crippen LogP contribution in [-0.2, 0) is 10.0 Å². The first-order chi connectivity index (χ1) is 11.0. The minimum Gasteiger partial charge on any atom is -0.339 e. The molecule has 24 heavy (non-hydrogen) atoms. The van der Waals surface area contributed by atoms with Crippen molar-refractivity contribution in [2.45, 2.75) is 36.6 Å². The summed E-state index contributed by atoms with van der Waals surface area (Å²) in [7, 11) is -3.55. The summed E-state index contributed by atoms with van der Waals surface area (Å²) >= 11 is 0. The zero-order valence-corrected chi connectivity index (χ0v) is 15.1. The topological polar surface area (TPSA) is 92.5 Å². The van der Waals surface area contributed by atoms with Gasteiger partial charge in [-0.2, -0.15) is 0 Å². The van der Waals surface area contributed by atoms with Gasteiger partial charge < -0.3 is 10.6 Å². The van der Waals surface area contributed by atoms with E-state index in [0.29, 0.717) is 31.1 Å². The zero-order chi connectivity index (χ0) is 16.4. The number of nitrogens with one attached hydrogen (secondary N) is 1. The van der Waals surface area contributed by atoms with Crippen molar-refractivity contribution in [1.29, 1.82) is 0 Å². The van der Waals surface area contributed by atoms with Crippen LogP contribution in [0.5, 0.6) is 0 Å². The lowest BCUT2D eigenvalue weighted by molar-refractivity contribution is 0.0714. The molecule has 0 unspecified atom stereocenters. The maximum absolute atomic E-state index is 12.5. The van der Waals surface area contributed by atoms with Gasteiger partial charge in [-0.15, -0.1) is 12.4 Å². The molecule has 1 amide bonds. The third-order valence-corrected chi connectivity index (χ3v) is 5.90. The van der Waals surface area contributed by atoms with Gasteiger partial charge in [-0.3, -0.25) is 4.79 Å². The number of likely N-dealkylation sites (tertiary alicyclic amines) is 1. The largest absolute Gasteiger partial charge is 0.339 e. The number of carbonyl (C=O) groups excluding carboxylic acids is 1. The van der Waals surface area contributed by atoms with E-state index < -0.39 is 10.0 Å². The van der Waals surface area contributed by atoms with E-state index in [1.165, 1.54) is 12.1 Å². The number of benzene rings is 1. The van der Waals surface area contributed by atoms with Crippen LogP contribution in [0.1, 0.15) is 36.0 Å². The zero-order valence-electron chi connectivity index (χ0n) is 13.5. The third kappa shape index (κ3) is 4.69. The lowest BCUT2D eigenvalue weighted by Gasteiger charge is -2.30. The number of hydrogen-bond donors (Lipinski definition) is 2. The highest BCUT2D eigenvalue weighted by Crippen LogP contribution is 2.28. The summed E-state index contributed by atoms with van der Waals surface area (Å²) in [5.74, 6) is 0.336. The summed E-state index contributed by atoms with van der Waals surface area (Å²) in [6.07, 6.45) is 3.73. The summed E-state index contributed by atoms with van der Waals surface area (Å²) < 4.78 is 27.2. The first kappa shape index (κ1) is 19.2. The first-order valence-corrected chi connectivity index (χ1v) is 9.58. The SMILES string of the molecule is Cl.NC1CCN(C(=O)c2cccc(S(=O)(=O)NCC3CC3)c2)CC1. The van der Waals surface area contributed by atoms with Gasteiger partial charge in [0.2, 0.25) is 10.0 Å². The Kier molecular flexibility index (Phi) is 6.25. The highest BCUT2D eigenvalue weighted by atomic mass is 35.5. The minimum absolute atomic E-state index is 0. The van der Waals surface area contributed by atoms with Gasteiger partial charge in [0.15, 0.2) is 0 Å². The Balaban J connectivity index is 0.00000208. The van der Waals surface area contributed by atoms with E-state index in [0.717, 1.165) is 25.7 Å². The van der Waals surface area contributed by atoms with Gasteiger partial charge in [0.25, 0.3) is 5.91 Å². The number of carbonyl (C=O) groups is 1. The predicted molar refractivity (Wildman–Crippen MR) is 94.7 cm³/mol. The molecule has 0 bridgehead atoms. The van der Waals surface area contributed by atoms with Gasteiger partial charge in [-0.05, 0) is 49.8 Å². The Labute approximate surface area is 149 Å². The summed E-state index contributed by atoms with van der Waals surface area (Å²) in [5, 5.41) is 0. The van der Waals surface area contributed by atoms with Crippen LogP contribution in [0.3, 0.4) is 0 Å². The molecule has 8 heteroatoms. The van der Waals surface area contributed by atoms with E-state index in [-0.39, 0.29) is 29.3 Å². The second-order valence-electron chi connectivity index (χ2n) is 6.45. The van der Waals surface area contributed by atoms with Crippen LogP contribution in [0.25, 0.3) is 0 Å². The molecule has 0 spiro atoms. The van der Waals surface area contributed by atoms with Crippen molar-refractivity contribution in [1.82, 2.24) is 9.62 Å². The molecule has 1 aliphatic carbocycles. The average Bonchev–Trinajstić information content (AvgIpc) is 3.38. The number of piperidine rings is 1. The van der Waals surface area contributed by atoms with Crippen LogP contribution in [-0.4, -0.2) is 44.9 Å². The van der Waals surface area contributed by atoms with Crippen molar-refractivity contribution in [3.05, 3.63) is 29.8 Å². The summed E-state index contributed by atoms with van der Waals surface area (Å²) in [6.45, 7) is 1.72. The Morgan fingerprint density at radius 3 is 2.50 bits per heavy atom. The molecular weight excluding hydrogens is 350 g/mol. The highest BCUT2D eigenvalue weighted by Gasteiger charge is 2.26. The van der Waals surface area contributed by atoms with Crippen molar-refractivity contribution < 1.29 is 13.2 Å².